The van der Waals surface area contributed by atoms with Gasteiger partial charge in [-0.2, -0.15) is 0 Å². The lowest BCUT2D eigenvalue weighted by atomic mass is 9.77. The predicted molar refractivity (Wildman–Crippen MR) is 67.9 cm³/mol. The number of ether oxygens (including phenoxy) is 1. The Hall–Kier alpha value is 0.660. The lowest BCUT2D eigenvalue weighted by Crippen LogP contribution is -2.32. The molecule has 0 unspecified atom stereocenters. The first-order valence-corrected chi connectivity index (χ1v) is 6.62. The molecule has 1 aliphatic heterocycles. The monoisotopic (exact) mass is 324 g/mol. The molecule has 1 nitrogen and oxygen atoms in total. The van der Waals surface area contributed by atoms with Gasteiger partial charge in [-0.05, 0) is 62.1 Å². The van der Waals surface area contributed by atoms with E-state index in [4.69, 9.17) is 4.74 Å². The molecule has 14 heavy (non-hydrogen) atoms. The highest BCUT2D eigenvalue weighted by atomic mass is 79.9. The van der Waals surface area contributed by atoms with E-state index in [0.717, 1.165) is 16.4 Å². The summed E-state index contributed by atoms with van der Waals surface area (Å²) in [5.74, 6) is 0.696. The maximum absolute atomic E-state index is 5.79. The molecule has 0 aromatic rings. The zero-order valence-corrected chi connectivity index (χ0v) is 12.2. The Bertz CT molecular complexity index is 206. The zero-order valence-electron chi connectivity index (χ0n) is 9.02. The van der Waals surface area contributed by atoms with Crippen LogP contribution in [0.4, 0.5) is 0 Å². The molecule has 0 N–H and O–H groups in total. The summed E-state index contributed by atoms with van der Waals surface area (Å²) in [7, 11) is 0. The summed E-state index contributed by atoms with van der Waals surface area (Å²) < 4.78 is 6.78. The quantitative estimate of drug-likeness (QED) is 0.691. The molecule has 0 radical (unpaired) electrons. The summed E-state index contributed by atoms with van der Waals surface area (Å²) in [5.41, 5.74) is 0.375. The van der Waals surface area contributed by atoms with Crippen LogP contribution in [0.25, 0.3) is 0 Å². The van der Waals surface area contributed by atoms with Crippen molar-refractivity contribution in [1.29, 1.82) is 0 Å². The summed E-state index contributed by atoms with van der Waals surface area (Å²) in [6.07, 6.45) is 4.75. The predicted octanol–water partition coefficient (Wildman–Crippen LogP) is 4.46. The molecular formula is C11H18Br2O. The average molecular weight is 326 g/mol. The van der Waals surface area contributed by atoms with Crippen molar-refractivity contribution in [1.82, 2.24) is 0 Å². The Balaban J connectivity index is 2.43. The van der Waals surface area contributed by atoms with Crippen LogP contribution in [0.5, 0.6) is 0 Å². The first kappa shape index (κ1) is 12.7. The van der Waals surface area contributed by atoms with Crippen LogP contribution in [-0.2, 0) is 4.74 Å². The third-order valence-electron chi connectivity index (χ3n) is 2.85. The Morgan fingerprint density at radius 3 is 2.29 bits per heavy atom. The smallest absolute Gasteiger partial charge is 0.0775 e. The Morgan fingerprint density at radius 1 is 1.29 bits per heavy atom. The van der Waals surface area contributed by atoms with Gasteiger partial charge in [0.2, 0.25) is 0 Å². The topological polar surface area (TPSA) is 9.23 Å². The first-order chi connectivity index (χ1) is 6.39. The third-order valence-corrected chi connectivity index (χ3v) is 3.38. The summed E-state index contributed by atoms with van der Waals surface area (Å²) in [6, 6.07) is 0. The first-order valence-electron chi connectivity index (χ1n) is 5.04. The van der Waals surface area contributed by atoms with E-state index in [-0.39, 0.29) is 6.10 Å². The molecule has 1 fully saturated rings. The minimum Gasteiger partial charge on any atom is -0.374 e. The molecule has 1 saturated heterocycles. The number of rotatable bonds is 1. The highest BCUT2D eigenvalue weighted by molar-refractivity contribution is 9.28. The molecule has 82 valence electrons. The minimum absolute atomic E-state index is 0.280. The van der Waals surface area contributed by atoms with Crippen molar-refractivity contribution in [2.75, 3.05) is 6.61 Å². The lowest BCUT2D eigenvalue weighted by molar-refractivity contribution is -0.0241. The van der Waals surface area contributed by atoms with Crippen LogP contribution >= 0.6 is 31.9 Å². The number of hydrogen-bond donors (Lipinski definition) is 0. The van der Waals surface area contributed by atoms with Crippen molar-refractivity contribution in [2.24, 2.45) is 11.3 Å². The Labute approximate surface area is 104 Å². The normalized spacial score (nSPS) is 28.6. The molecule has 1 aliphatic rings. The lowest BCUT2D eigenvalue weighted by Gasteiger charge is -2.36. The van der Waals surface area contributed by atoms with Gasteiger partial charge in [-0.15, -0.1) is 0 Å². The Morgan fingerprint density at radius 2 is 1.93 bits per heavy atom. The van der Waals surface area contributed by atoms with Gasteiger partial charge in [-0.1, -0.05) is 20.8 Å². The second kappa shape index (κ2) is 5.13. The van der Waals surface area contributed by atoms with E-state index < -0.39 is 0 Å². The molecule has 0 aliphatic carbocycles. The van der Waals surface area contributed by atoms with Crippen LogP contribution in [0.1, 0.15) is 33.6 Å². The largest absolute Gasteiger partial charge is 0.374 e. The van der Waals surface area contributed by atoms with Crippen molar-refractivity contribution in [3.63, 3.8) is 0 Å². The van der Waals surface area contributed by atoms with Crippen LogP contribution < -0.4 is 0 Å². The van der Waals surface area contributed by atoms with Crippen LogP contribution in [-0.4, -0.2) is 12.7 Å². The van der Waals surface area contributed by atoms with Gasteiger partial charge in [-0.25, -0.2) is 0 Å². The van der Waals surface area contributed by atoms with Crippen LogP contribution in [0, 0.1) is 11.3 Å². The SMILES string of the molecule is CC(C)(C)[C@@H]1CC[C@@H](C=C(Br)Br)OC1. The van der Waals surface area contributed by atoms with E-state index in [1.165, 1.54) is 6.42 Å². The maximum atomic E-state index is 5.79. The van der Waals surface area contributed by atoms with E-state index in [0.29, 0.717) is 11.3 Å². The van der Waals surface area contributed by atoms with Gasteiger partial charge < -0.3 is 4.74 Å². The summed E-state index contributed by atoms with van der Waals surface area (Å²) in [6.45, 7) is 7.75. The average Bonchev–Trinajstić information content (AvgIpc) is 2.02. The number of halogens is 2. The van der Waals surface area contributed by atoms with E-state index in [2.05, 4.69) is 58.7 Å². The molecule has 3 heteroatoms. The van der Waals surface area contributed by atoms with Crippen molar-refractivity contribution in [2.45, 2.75) is 39.7 Å². The van der Waals surface area contributed by atoms with Crippen molar-refractivity contribution in [3.05, 3.63) is 9.47 Å². The molecular weight excluding hydrogens is 308 g/mol. The molecule has 0 bridgehead atoms. The van der Waals surface area contributed by atoms with E-state index in [9.17, 15) is 0 Å². The van der Waals surface area contributed by atoms with Gasteiger partial charge >= 0.3 is 0 Å². The van der Waals surface area contributed by atoms with Crippen molar-refractivity contribution in [3.8, 4) is 0 Å². The third kappa shape index (κ3) is 4.03. The van der Waals surface area contributed by atoms with Crippen molar-refractivity contribution < 1.29 is 4.74 Å². The standard InChI is InChI=1S/C11H18Br2O/c1-11(2,3)8-4-5-9(14-7-8)6-10(12)13/h6,8-9H,4-5,7H2,1-3H3/t8-,9+/m1/s1. The summed E-state index contributed by atoms with van der Waals surface area (Å²) in [5, 5.41) is 0. The van der Waals surface area contributed by atoms with Gasteiger partial charge in [0.1, 0.15) is 0 Å². The molecule has 0 saturated carbocycles. The van der Waals surface area contributed by atoms with E-state index in [1.54, 1.807) is 0 Å². The van der Waals surface area contributed by atoms with E-state index >= 15 is 0 Å². The molecule has 0 amide bonds. The minimum atomic E-state index is 0.280. The number of hydrogen-bond acceptors (Lipinski definition) is 1. The van der Waals surface area contributed by atoms with Crippen LogP contribution in [0.3, 0.4) is 0 Å². The summed E-state index contributed by atoms with van der Waals surface area (Å²) in [4.78, 5) is 0. The molecule has 0 spiro atoms. The molecule has 2 atom stereocenters. The molecule has 0 aromatic carbocycles. The maximum Gasteiger partial charge on any atom is 0.0775 e. The zero-order chi connectivity index (χ0) is 10.8. The highest BCUT2D eigenvalue weighted by Gasteiger charge is 2.29. The fourth-order valence-corrected chi connectivity index (χ4v) is 2.32. The van der Waals surface area contributed by atoms with Gasteiger partial charge in [0.25, 0.3) is 0 Å². The van der Waals surface area contributed by atoms with Gasteiger partial charge in [0.05, 0.1) is 16.1 Å². The second-order valence-corrected chi connectivity index (χ2v) is 7.74. The second-order valence-electron chi connectivity index (χ2n) is 4.97. The van der Waals surface area contributed by atoms with Crippen LogP contribution in [0.15, 0.2) is 9.47 Å². The van der Waals surface area contributed by atoms with Crippen molar-refractivity contribution >= 4 is 31.9 Å². The van der Waals surface area contributed by atoms with Gasteiger partial charge in [-0.3, -0.25) is 0 Å². The summed E-state index contributed by atoms with van der Waals surface area (Å²) >= 11 is 6.72. The molecule has 1 heterocycles. The molecule has 1 rings (SSSR count). The fourth-order valence-electron chi connectivity index (χ4n) is 1.73. The Kier molecular flexibility index (Phi) is 4.66. The van der Waals surface area contributed by atoms with E-state index in [1.807, 2.05) is 0 Å². The highest BCUT2D eigenvalue weighted by Crippen LogP contribution is 2.34. The van der Waals surface area contributed by atoms with Crippen LogP contribution in [0.2, 0.25) is 0 Å². The van der Waals surface area contributed by atoms with Gasteiger partial charge in [0.15, 0.2) is 0 Å². The fraction of sp³-hybridized carbons (Fsp3) is 0.818. The van der Waals surface area contributed by atoms with Gasteiger partial charge in [0, 0.05) is 0 Å². The molecule has 0 aromatic heterocycles.